The van der Waals surface area contributed by atoms with Crippen LogP contribution in [0.5, 0.6) is 5.75 Å². The van der Waals surface area contributed by atoms with Gasteiger partial charge in [-0.2, -0.15) is 13.2 Å². The van der Waals surface area contributed by atoms with E-state index in [9.17, 15) is 18.0 Å². The number of nitrogens with zero attached hydrogens (tertiary/aromatic N) is 1. The van der Waals surface area contributed by atoms with Gasteiger partial charge in [0, 0.05) is 31.5 Å². The van der Waals surface area contributed by atoms with Gasteiger partial charge < -0.3 is 14.2 Å². The molecule has 0 radical (unpaired) electrons. The Morgan fingerprint density at radius 2 is 1.73 bits per heavy atom. The molecule has 4 rings (SSSR count). The highest BCUT2D eigenvalue weighted by Gasteiger charge is 2.48. The molecule has 1 aliphatic heterocycles. The number of rotatable bonds is 12. The van der Waals surface area contributed by atoms with Crippen LogP contribution in [-0.2, 0) is 26.2 Å². The van der Waals surface area contributed by atoms with E-state index in [2.05, 4.69) is 44.2 Å². The van der Waals surface area contributed by atoms with E-state index in [1.165, 1.54) is 32.1 Å². The van der Waals surface area contributed by atoms with Gasteiger partial charge in [-0.15, -0.1) is 0 Å². The number of carbonyl (C=O) groups is 1. The lowest BCUT2D eigenvalue weighted by atomic mass is 9.67. The Balaban J connectivity index is 1.53. The molecule has 2 atom stereocenters. The summed E-state index contributed by atoms with van der Waals surface area (Å²) in [4.78, 5) is 13.6. The van der Waals surface area contributed by atoms with Crippen molar-refractivity contribution in [2.75, 3.05) is 33.9 Å². The zero-order valence-corrected chi connectivity index (χ0v) is 27.8. The fourth-order valence-electron chi connectivity index (χ4n) is 7.00. The Kier molecular flexibility index (Phi) is 11.1. The Morgan fingerprint density at radius 1 is 1.04 bits per heavy atom. The third-order valence-corrected chi connectivity index (χ3v) is 9.77. The number of hydrogen-bond donors (Lipinski definition) is 0. The maximum Gasteiger partial charge on any atom is 0.395 e. The Hall–Kier alpha value is -2.84. The molecule has 1 unspecified atom stereocenters. The van der Waals surface area contributed by atoms with E-state index in [1.54, 1.807) is 7.11 Å². The van der Waals surface area contributed by atoms with E-state index in [1.807, 2.05) is 29.2 Å². The highest BCUT2D eigenvalue weighted by atomic mass is 19.4. The molecular weight excluding hydrogens is 579 g/mol. The number of carbonyl (C=O) groups excluding carboxylic acids is 1. The summed E-state index contributed by atoms with van der Waals surface area (Å²) < 4.78 is 58.7. The van der Waals surface area contributed by atoms with Gasteiger partial charge in [-0.05, 0) is 113 Å². The molecule has 0 aromatic heterocycles. The van der Waals surface area contributed by atoms with Gasteiger partial charge in [0.2, 0.25) is 0 Å². The number of methoxy groups -OCH3 is 2. The van der Waals surface area contributed by atoms with Crippen LogP contribution in [0.15, 0.2) is 54.6 Å². The van der Waals surface area contributed by atoms with Crippen molar-refractivity contribution >= 4 is 11.5 Å². The second-order valence-corrected chi connectivity index (χ2v) is 14.2. The summed E-state index contributed by atoms with van der Waals surface area (Å²) in [7, 11) is 3.06. The molecule has 0 spiro atoms. The molecule has 248 valence electrons. The maximum atomic E-state index is 14.1. The van der Waals surface area contributed by atoms with Crippen molar-refractivity contribution in [1.29, 1.82) is 0 Å². The first-order valence-corrected chi connectivity index (χ1v) is 16.1. The van der Waals surface area contributed by atoms with Gasteiger partial charge in [-0.3, -0.25) is 9.69 Å². The molecule has 0 saturated carbocycles. The standard InChI is InChI=1S/C37H50F3NO4/c1-34(2,37(38,39)40)26-41(21-19-36(20-22-45-35(3,4)25-36)31-15-17-32(43-5)18-16-31)24-28-9-13-30(14-10-28)29-11-7-27(8-12-29)23-33(42)44-6/h9-11,13-18,27H,7-8,12,19-26H2,1-6H3/t27?,36-/m1/s1. The molecular formula is C37H50F3NO4. The van der Waals surface area contributed by atoms with E-state index in [0.717, 1.165) is 55.4 Å². The number of hydrogen-bond acceptors (Lipinski definition) is 5. The van der Waals surface area contributed by atoms with Crippen LogP contribution in [0.3, 0.4) is 0 Å². The van der Waals surface area contributed by atoms with Crippen molar-refractivity contribution in [2.45, 2.75) is 96.4 Å². The van der Waals surface area contributed by atoms with Gasteiger partial charge in [0.1, 0.15) is 5.75 Å². The van der Waals surface area contributed by atoms with Crippen molar-refractivity contribution in [3.8, 4) is 5.75 Å². The van der Waals surface area contributed by atoms with Crippen molar-refractivity contribution in [3.05, 3.63) is 71.3 Å². The first kappa shape index (κ1) is 35.0. The van der Waals surface area contributed by atoms with Gasteiger partial charge >= 0.3 is 12.1 Å². The molecule has 2 aliphatic rings. The maximum absolute atomic E-state index is 14.1. The molecule has 45 heavy (non-hydrogen) atoms. The smallest absolute Gasteiger partial charge is 0.395 e. The summed E-state index contributed by atoms with van der Waals surface area (Å²) in [6, 6.07) is 16.4. The average molecular weight is 630 g/mol. The van der Waals surface area contributed by atoms with Crippen LogP contribution in [-0.4, -0.2) is 56.6 Å². The van der Waals surface area contributed by atoms with Crippen molar-refractivity contribution in [1.82, 2.24) is 4.90 Å². The predicted octanol–water partition coefficient (Wildman–Crippen LogP) is 8.75. The van der Waals surface area contributed by atoms with E-state index < -0.39 is 11.6 Å². The summed E-state index contributed by atoms with van der Waals surface area (Å²) in [5, 5.41) is 0. The lowest BCUT2D eigenvalue weighted by molar-refractivity contribution is -0.217. The van der Waals surface area contributed by atoms with Gasteiger partial charge in [0.15, 0.2) is 0 Å². The molecule has 0 amide bonds. The summed E-state index contributed by atoms with van der Waals surface area (Å²) in [6.07, 6.45) is 3.30. The number of halogens is 3. The molecule has 0 N–H and O–H groups in total. The number of allylic oxidation sites excluding steroid dienone is 2. The summed E-state index contributed by atoms with van der Waals surface area (Å²) in [6.45, 7) is 8.24. The first-order chi connectivity index (χ1) is 21.1. The minimum atomic E-state index is -4.32. The highest BCUT2D eigenvalue weighted by molar-refractivity contribution is 5.70. The third-order valence-electron chi connectivity index (χ3n) is 9.77. The topological polar surface area (TPSA) is 48.0 Å². The normalized spacial score (nSPS) is 22.2. The van der Waals surface area contributed by atoms with Gasteiger partial charge in [0.25, 0.3) is 0 Å². The largest absolute Gasteiger partial charge is 0.497 e. The number of esters is 1. The number of alkyl halides is 3. The van der Waals surface area contributed by atoms with Crippen molar-refractivity contribution in [3.63, 3.8) is 0 Å². The lowest BCUT2D eigenvalue weighted by Crippen LogP contribution is -2.47. The average Bonchev–Trinajstić information content (AvgIpc) is 2.99. The predicted molar refractivity (Wildman–Crippen MR) is 172 cm³/mol. The minimum Gasteiger partial charge on any atom is -0.497 e. The molecule has 2 aromatic carbocycles. The molecule has 1 fully saturated rings. The van der Waals surface area contributed by atoms with Crippen LogP contribution in [0.4, 0.5) is 13.2 Å². The zero-order valence-electron chi connectivity index (χ0n) is 27.8. The summed E-state index contributed by atoms with van der Waals surface area (Å²) in [5.41, 5.74) is 2.12. The van der Waals surface area contributed by atoms with Gasteiger partial charge in [0.05, 0.1) is 25.2 Å². The third kappa shape index (κ3) is 9.13. The van der Waals surface area contributed by atoms with Crippen molar-refractivity contribution < 1.29 is 32.2 Å². The number of benzene rings is 2. The van der Waals surface area contributed by atoms with E-state index in [-0.39, 0.29) is 23.5 Å². The SMILES string of the molecule is COC(=O)CC1CC=C(c2ccc(CN(CC[C@@]3(c4ccc(OC)cc4)CCOC(C)(C)C3)CC(C)(C)C(F)(F)F)cc2)CC1. The van der Waals surface area contributed by atoms with Gasteiger partial charge in [-0.25, -0.2) is 0 Å². The first-order valence-electron chi connectivity index (χ1n) is 16.1. The molecule has 8 heteroatoms. The van der Waals surface area contributed by atoms with Crippen LogP contribution in [0.25, 0.3) is 5.57 Å². The van der Waals surface area contributed by atoms with E-state index in [0.29, 0.717) is 32.0 Å². The van der Waals surface area contributed by atoms with Crippen LogP contribution in [0.1, 0.15) is 89.3 Å². The second-order valence-electron chi connectivity index (χ2n) is 14.2. The fourth-order valence-corrected chi connectivity index (χ4v) is 7.00. The van der Waals surface area contributed by atoms with Crippen LogP contribution in [0.2, 0.25) is 0 Å². The molecule has 1 aliphatic carbocycles. The fraction of sp³-hybridized carbons (Fsp3) is 0.595. The summed E-state index contributed by atoms with van der Waals surface area (Å²) >= 11 is 0. The van der Waals surface area contributed by atoms with Crippen LogP contribution in [0, 0.1) is 11.3 Å². The van der Waals surface area contributed by atoms with Gasteiger partial charge in [-0.1, -0.05) is 42.5 Å². The van der Waals surface area contributed by atoms with Crippen LogP contribution >= 0.6 is 0 Å². The zero-order chi connectivity index (χ0) is 32.9. The minimum absolute atomic E-state index is 0.0937. The highest BCUT2D eigenvalue weighted by Crippen LogP contribution is 2.45. The Labute approximate surface area is 267 Å². The van der Waals surface area contributed by atoms with E-state index >= 15 is 0 Å². The quantitative estimate of drug-likeness (QED) is 0.220. The molecule has 5 nitrogen and oxygen atoms in total. The number of ether oxygens (including phenoxy) is 3. The van der Waals surface area contributed by atoms with E-state index in [4.69, 9.17) is 14.2 Å². The van der Waals surface area contributed by atoms with Crippen LogP contribution < -0.4 is 4.74 Å². The molecule has 2 aromatic rings. The molecule has 1 heterocycles. The molecule has 1 saturated heterocycles. The second kappa shape index (κ2) is 14.3. The lowest BCUT2D eigenvalue weighted by Gasteiger charge is -2.46. The Morgan fingerprint density at radius 3 is 2.29 bits per heavy atom. The van der Waals surface area contributed by atoms with Crippen molar-refractivity contribution in [2.24, 2.45) is 11.3 Å². The summed E-state index contributed by atoms with van der Waals surface area (Å²) in [5.74, 6) is 0.908. The monoisotopic (exact) mass is 629 g/mol. The Bertz CT molecular complexity index is 1300. The molecule has 0 bridgehead atoms.